The molecule has 1 aliphatic rings. The van der Waals surface area contributed by atoms with E-state index in [2.05, 4.69) is 24.4 Å². The SMILES string of the molecule is CC(NCC1(C(=O)O)CC1)c1ccccc1. The topological polar surface area (TPSA) is 49.3 Å². The van der Waals surface area contributed by atoms with Crippen molar-refractivity contribution in [2.24, 2.45) is 5.41 Å². The van der Waals surface area contributed by atoms with Crippen LogP contribution in [-0.2, 0) is 4.79 Å². The molecule has 2 N–H and O–H groups in total. The molecule has 16 heavy (non-hydrogen) atoms. The molecule has 86 valence electrons. The Morgan fingerprint density at radius 2 is 2.06 bits per heavy atom. The summed E-state index contributed by atoms with van der Waals surface area (Å²) in [6, 6.07) is 10.3. The van der Waals surface area contributed by atoms with Crippen LogP contribution < -0.4 is 5.32 Å². The third-order valence-corrected chi connectivity index (χ3v) is 3.35. The maximum absolute atomic E-state index is 11.0. The lowest BCUT2D eigenvalue weighted by Gasteiger charge is -2.17. The molecule has 0 spiro atoms. The van der Waals surface area contributed by atoms with Crippen LogP contribution in [0.5, 0.6) is 0 Å². The summed E-state index contributed by atoms with van der Waals surface area (Å²) in [4.78, 5) is 11.0. The summed E-state index contributed by atoms with van der Waals surface area (Å²) in [5.41, 5.74) is 0.715. The van der Waals surface area contributed by atoms with E-state index >= 15 is 0 Å². The second-order valence-corrected chi connectivity index (χ2v) is 4.60. The van der Waals surface area contributed by atoms with Gasteiger partial charge in [-0.1, -0.05) is 30.3 Å². The molecule has 2 rings (SSSR count). The van der Waals surface area contributed by atoms with Crippen molar-refractivity contribution < 1.29 is 9.90 Å². The first-order chi connectivity index (χ1) is 7.64. The van der Waals surface area contributed by atoms with E-state index in [4.69, 9.17) is 5.11 Å². The number of carbonyl (C=O) groups is 1. The highest BCUT2D eigenvalue weighted by atomic mass is 16.4. The molecule has 1 atom stereocenters. The fourth-order valence-corrected chi connectivity index (χ4v) is 1.83. The van der Waals surface area contributed by atoms with Gasteiger partial charge in [-0.2, -0.15) is 0 Å². The summed E-state index contributed by atoms with van der Waals surface area (Å²) in [7, 11) is 0. The van der Waals surface area contributed by atoms with Gasteiger partial charge in [0, 0.05) is 12.6 Å². The molecular formula is C13H17NO2. The number of carboxylic acids is 1. The molecule has 1 unspecified atom stereocenters. The van der Waals surface area contributed by atoms with Gasteiger partial charge in [-0.3, -0.25) is 4.79 Å². The largest absolute Gasteiger partial charge is 0.481 e. The van der Waals surface area contributed by atoms with Gasteiger partial charge in [-0.25, -0.2) is 0 Å². The first-order valence-electron chi connectivity index (χ1n) is 5.66. The molecule has 1 fully saturated rings. The van der Waals surface area contributed by atoms with Crippen molar-refractivity contribution in [2.75, 3.05) is 6.54 Å². The summed E-state index contributed by atoms with van der Waals surface area (Å²) in [6.45, 7) is 2.63. The lowest BCUT2D eigenvalue weighted by molar-refractivity contribution is -0.143. The standard InChI is InChI=1S/C13H17NO2/c1-10(11-5-3-2-4-6-11)14-9-13(7-8-13)12(15)16/h2-6,10,14H,7-9H2,1H3,(H,15,16). The summed E-state index contributed by atoms with van der Waals surface area (Å²) in [5.74, 6) is -0.666. The Labute approximate surface area is 95.5 Å². The number of aliphatic carboxylic acids is 1. The van der Waals surface area contributed by atoms with Crippen LogP contribution in [0.1, 0.15) is 31.4 Å². The predicted octanol–water partition coefficient (Wildman–Crippen LogP) is 2.20. The minimum atomic E-state index is -0.666. The molecule has 3 heteroatoms. The zero-order chi connectivity index (χ0) is 11.6. The van der Waals surface area contributed by atoms with Gasteiger partial charge in [0.25, 0.3) is 0 Å². The minimum absolute atomic E-state index is 0.207. The van der Waals surface area contributed by atoms with Gasteiger partial charge in [0.15, 0.2) is 0 Å². The van der Waals surface area contributed by atoms with Gasteiger partial charge >= 0.3 is 5.97 Å². The maximum atomic E-state index is 11.0. The van der Waals surface area contributed by atoms with Gasteiger partial charge in [0.05, 0.1) is 5.41 Å². The van der Waals surface area contributed by atoms with Crippen LogP contribution in [0.15, 0.2) is 30.3 Å². The smallest absolute Gasteiger partial charge is 0.310 e. The molecule has 0 heterocycles. The third-order valence-electron chi connectivity index (χ3n) is 3.35. The van der Waals surface area contributed by atoms with Crippen LogP contribution >= 0.6 is 0 Å². The Morgan fingerprint density at radius 3 is 2.56 bits per heavy atom. The molecule has 0 saturated heterocycles. The van der Waals surface area contributed by atoms with Gasteiger partial charge in [0.2, 0.25) is 0 Å². The molecule has 0 bridgehead atoms. The molecule has 1 saturated carbocycles. The fraction of sp³-hybridized carbons (Fsp3) is 0.462. The zero-order valence-electron chi connectivity index (χ0n) is 9.44. The maximum Gasteiger partial charge on any atom is 0.310 e. The highest BCUT2D eigenvalue weighted by molar-refractivity contribution is 5.78. The Morgan fingerprint density at radius 1 is 1.44 bits per heavy atom. The number of rotatable bonds is 5. The normalized spacial score (nSPS) is 19.1. The number of benzene rings is 1. The van der Waals surface area contributed by atoms with E-state index in [1.807, 2.05) is 18.2 Å². The van der Waals surface area contributed by atoms with Gasteiger partial charge in [-0.05, 0) is 25.3 Å². The quantitative estimate of drug-likeness (QED) is 0.798. The van der Waals surface area contributed by atoms with Gasteiger partial charge < -0.3 is 10.4 Å². The van der Waals surface area contributed by atoms with Crippen molar-refractivity contribution in [3.63, 3.8) is 0 Å². The second-order valence-electron chi connectivity index (χ2n) is 4.60. The molecule has 1 aromatic rings. The Bertz CT molecular complexity index is 371. The van der Waals surface area contributed by atoms with Crippen molar-refractivity contribution in [1.29, 1.82) is 0 Å². The van der Waals surface area contributed by atoms with E-state index in [9.17, 15) is 4.79 Å². The number of nitrogens with one attached hydrogen (secondary N) is 1. The second kappa shape index (κ2) is 4.26. The highest BCUT2D eigenvalue weighted by Crippen LogP contribution is 2.45. The summed E-state index contributed by atoms with van der Waals surface area (Å²) in [6.07, 6.45) is 1.60. The van der Waals surface area contributed by atoms with E-state index in [0.29, 0.717) is 6.54 Å². The van der Waals surface area contributed by atoms with E-state index in [1.165, 1.54) is 5.56 Å². The molecular weight excluding hydrogens is 202 g/mol. The lowest BCUT2D eigenvalue weighted by Crippen LogP contribution is -2.31. The van der Waals surface area contributed by atoms with Gasteiger partial charge in [0.1, 0.15) is 0 Å². The van der Waals surface area contributed by atoms with Crippen LogP contribution in [0.4, 0.5) is 0 Å². The van der Waals surface area contributed by atoms with Crippen LogP contribution in [0, 0.1) is 5.41 Å². The van der Waals surface area contributed by atoms with E-state index < -0.39 is 11.4 Å². The van der Waals surface area contributed by atoms with E-state index in [0.717, 1.165) is 12.8 Å². The Kier molecular flexibility index (Phi) is 2.97. The van der Waals surface area contributed by atoms with Crippen LogP contribution in [0.2, 0.25) is 0 Å². The van der Waals surface area contributed by atoms with Crippen molar-refractivity contribution in [1.82, 2.24) is 5.32 Å². The molecule has 3 nitrogen and oxygen atoms in total. The van der Waals surface area contributed by atoms with Crippen molar-refractivity contribution in [3.05, 3.63) is 35.9 Å². The minimum Gasteiger partial charge on any atom is -0.481 e. The van der Waals surface area contributed by atoms with Crippen LogP contribution in [0.3, 0.4) is 0 Å². The van der Waals surface area contributed by atoms with E-state index in [1.54, 1.807) is 0 Å². The average molecular weight is 219 g/mol. The van der Waals surface area contributed by atoms with Crippen molar-refractivity contribution in [3.8, 4) is 0 Å². The fourth-order valence-electron chi connectivity index (χ4n) is 1.83. The lowest BCUT2D eigenvalue weighted by atomic mass is 10.1. The molecule has 0 radical (unpaired) electrons. The first-order valence-corrected chi connectivity index (χ1v) is 5.66. The van der Waals surface area contributed by atoms with Crippen LogP contribution in [-0.4, -0.2) is 17.6 Å². The molecule has 0 aromatic heterocycles. The molecule has 1 aliphatic carbocycles. The number of hydrogen-bond donors (Lipinski definition) is 2. The summed E-state index contributed by atoms with van der Waals surface area (Å²) in [5, 5.41) is 12.3. The molecule has 0 aliphatic heterocycles. The van der Waals surface area contributed by atoms with E-state index in [-0.39, 0.29) is 6.04 Å². The summed E-state index contributed by atoms with van der Waals surface area (Å²) >= 11 is 0. The first kappa shape index (κ1) is 11.1. The Balaban J connectivity index is 1.90. The molecule has 0 amide bonds. The van der Waals surface area contributed by atoms with Crippen LogP contribution in [0.25, 0.3) is 0 Å². The highest BCUT2D eigenvalue weighted by Gasteiger charge is 2.49. The van der Waals surface area contributed by atoms with Crippen molar-refractivity contribution in [2.45, 2.75) is 25.8 Å². The number of carboxylic acid groups (broad SMARTS) is 1. The van der Waals surface area contributed by atoms with Gasteiger partial charge in [-0.15, -0.1) is 0 Å². The monoisotopic (exact) mass is 219 g/mol. The summed E-state index contributed by atoms with van der Waals surface area (Å²) < 4.78 is 0. The molecule has 1 aromatic carbocycles. The Hall–Kier alpha value is -1.35. The third kappa shape index (κ3) is 2.25. The average Bonchev–Trinajstić information content (AvgIpc) is 3.08. The number of hydrogen-bond acceptors (Lipinski definition) is 2. The zero-order valence-corrected chi connectivity index (χ0v) is 9.44. The predicted molar refractivity (Wildman–Crippen MR) is 62.2 cm³/mol. The van der Waals surface area contributed by atoms with Crippen molar-refractivity contribution >= 4 is 5.97 Å².